The number of aliphatic hydroxyl groups excluding tert-OH is 1. The number of methoxy groups -OCH3 is 1. The molecule has 20 heavy (non-hydrogen) atoms. The van der Waals surface area contributed by atoms with E-state index in [-0.39, 0.29) is 6.10 Å². The molecule has 0 saturated heterocycles. The molecule has 104 valence electrons. The van der Waals surface area contributed by atoms with Crippen LogP contribution in [0.15, 0.2) is 48.5 Å². The quantitative estimate of drug-likeness (QED) is 0.928. The first-order valence-corrected chi connectivity index (χ1v) is 6.78. The fraction of sp³-hybridized carbons (Fsp3) is 0.294. The summed E-state index contributed by atoms with van der Waals surface area (Å²) in [5.74, 6) is 0.774. The van der Waals surface area contributed by atoms with Gasteiger partial charge in [0, 0.05) is 13.5 Å². The molecule has 2 aromatic carbocycles. The van der Waals surface area contributed by atoms with Crippen molar-refractivity contribution in [2.45, 2.75) is 25.2 Å². The van der Waals surface area contributed by atoms with E-state index in [0.717, 1.165) is 28.9 Å². The van der Waals surface area contributed by atoms with Crippen molar-refractivity contribution in [3.05, 3.63) is 65.2 Å². The first-order valence-electron chi connectivity index (χ1n) is 6.78. The number of benzene rings is 2. The zero-order valence-electron chi connectivity index (χ0n) is 11.5. The maximum absolute atomic E-state index is 10.3. The van der Waals surface area contributed by atoms with E-state index in [9.17, 15) is 5.11 Å². The Hall–Kier alpha value is -1.84. The van der Waals surface area contributed by atoms with Crippen LogP contribution in [0.25, 0.3) is 0 Å². The first-order chi connectivity index (χ1) is 9.78. The van der Waals surface area contributed by atoms with Crippen molar-refractivity contribution in [1.29, 1.82) is 0 Å². The van der Waals surface area contributed by atoms with Gasteiger partial charge in [0.25, 0.3) is 0 Å². The van der Waals surface area contributed by atoms with Crippen molar-refractivity contribution >= 4 is 0 Å². The summed E-state index contributed by atoms with van der Waals surface area (Å²) in [6.07, 6.45) is -0.0336. The van der Waals surface area contributed by atoms with E-state index < -0.39 is 6.10 Å². The van der Waals surface area contributed by atoms with Gasteiger partial charge in [0.05, 0.1) is 6.61 Å². The van der Waals surface area contributed by atoms with Gasteiger partial charge in [-0.3, -0.25) is 0 Å². The normalized spacial score (nSPS) is 20.7. The van der Waals surface area contributed by atoms with Gasteiger partial charge in [-0.25, -0.2) is 0 Å². The summed E-state index contributed by atoms with van der Waals surface area (Å²) in [6.45, 7) is 0.560. The summed E-state index contributed by atoms with van der Waals surface area (Å²) in [5.41, 5.74) is 3.21. The number of hydrogen-bond donors (Lipinski definition) is 1. The third kappa shape index (κ3) is 2.55. The molecule has 0 heterocycles. The predicted molar refractivity (Wildman–Crippen MR) is 76.7 cm³/mol. The largest absolute Gasteiger partial charge is 0.487 e. The fourth-order valence-corrected chi connectivity index (χ4v) is 2.69. The van der Waals surface area contributed by atoms with E-state index in [1.807, 2.05) is 48.5 Å². The summed E-state index contributed by atoms with van der Waals surface area (Å²) >= 11 is 0. The van der Waals surface area contributed by atoms with Crippen molar-refractivity contribution in [3.8, 4) is 5.75 Å². The number of ether oxygens (including phenoxy) is 2. The van der Waals surface area contributed by atoms with Gasteiger partial charge >= 0.3 is 0 Å². The molecule has 0 bridgehead atoms. The Labute approximate surface area is 118 Å². The van der Waals surface area contributed by atoms with Crippen molar-refractivity contribution in [1.82, 2.24) is 0 Å². The summed E-state index contributed by atoms with van der Waals surface area (Å²) < 4.78 is 11.1. The predicted octanol–water partition coefficient (Wildman–Crippen LogP) is 2.87. The Morgan fingerprint density at radius 3 is 2.80 bits per heavy atom. The van der Waals surface area contributed by atoms with Crippen molar-refractivity contribution in [3.63, 3.8) is 0 Å². The topological polar surface area (TPSA) is 38.7 Å². The Morgan fingerprint density at radius 1 is 1.15 bits per heavy atom. The third-order valence-corrected chi connectivity index (χ3v) is 3.64. The summed E-state index contributed by atoms with van der Waals surface area (Å²) in [6, 6.07) is 15.8. The monoisotopic (exact) mass is 270 g/mol. The van der Waals surface area contributed by atoms with Gasteiger partial charge in [0.2, 0.25) is 0 Å². The average Bonchev–Trinajstić information content (AvgIpc) is 2.77. The second kappa shape index (κ2) is 5.65. The molecular formula is C17H18O3. The summed E-state index contributed by atoms with van der Waals surface area (Å²) in [4.78, 5) is 0. The van der Waals surface area contributed by atoms with Crippen LogP contribution in [0.3, 0.4) is 0 Å². The molecule has 3 heteroatoms. The highest BCUT2D eigenvalue weighted by Crippen LogP contribution is 2.33. The average molecular weight is 270 g/mol. The van der Waals surface area contributed by atoms with Crippen LogP contribution in [0.2, 0.25) is 0 Å². The van der Waals surface area contributed by atoms with Crippen LogP contribution in [0, 0.1) is 0 Å². The van der Waals surface area contributed by atoms with E-state index in [4.69, 9.17) is 9.47 Å². The molecule has 1 aliphatic carbocycles. The Bertz CT molecular complexity index is 594. The lowest BCUT2D eigenvalue weighted by Crippen LogP contribution is -2.21. The molecule has 0 aromatic heterocycles. The van der Waals surface area contributed by atoms with Crippen LogP contribution in [-0.2, 0) is 17.8 Å². The van der Waals surface area contributed by atoms with Gasteiger partial charge in [-0.05, 0) is 28.8 Å². The van der Waals surface area contributed by atoms with E-state index in [2.05, 4.69) is 0 Å². The molecule has 0 spiro atoms. The molecule has 0 fully saturated rings. The molecule has 3 rings (SSSR count). The molecule has 1 N–H and O–H groups in total. The first kappa shape index (κ1) is 13.2. The standard InChI is InChI=1S/C17H18O3/c1-19-11-12-5-4-7-14(9-12)20-16-10-13-6-2-3-8-15(13)17(16)18/h2-9,16-18H,10-11H2,1H3. The molecule has 2 aromatic rings. The Kier molecular flexibility index (Phi) is 3.72. The zero-order valence-corrected chi connectivity index (χ0v) is 11.5. The smallest absolute Gasteiger partial charge is 0.133 e. The van der Waals surface area contributed by atoms with Gasteiger partial charge in [-0.2, -0.15) is 0 Å². The Morgan fingerprint density at radius 2 is 2.00 bits per heavy atom. The zero-order chi connectivity index (χ0) is 13.9. The molecule has 3 nitrogen and oxygen atoms in total. The molecule has 0 saturated carbocycles. The summed E-state index contributed by atoms with van der Waals surface area (Å²) in [5, 5.41) is 10.3. The van der Waals surface area contributed by atoms with Crippen LogP contribution in [-0.4, -0.2) is 18.3 Å². The minimum absolute atomic E-state index is 0.217. The molecule has 0 radical (unpaired) electrons. The van der Waals surface area contributed by atoms with Gasteiger partial charge in [-0.15, -0.1) is 0 Å². The molecule has 2 atom stereocenters. The van der Waals surface area contributed by atoms with Crippen LogP contribution < -0.4 is 4.74 Å². The minimum atomic E-state index is -0.558. The second-order valence-corrected chi connectivity index (χ2v) is 5.08. The fourth-order valence-electron chi connectivity index (χ4n) is 2.69. The number of aliphatic hydroxyl groups is 1. The number of hydrogen-bond acceptors (Lipinski definition) is 3. The lowest BCUT2D eigenvalue weighted by Gasteiger charge is -2.18. The van der Waals surface area contributed by atoms with Crippen molar-refractivity contribution in [2.24, 2.45) is 0 Å². The molecular weight excluding hydrogens is 252 g/mol. The van der Waals surface area contributed by atoms with Gasteiger partial charge < -0.3 is 14.6 Å². The van der Waals surface area contributed by atoms with Crippen LogP contribution in [0.5, 0.6) is 5.75 Å². The van der Waals surface area contributed by atoms with Gasteiger partial charge in [0.15, 0.2) is 0 Å². The van der Waals surface area contributed by atoms with E-state index in [0.29, 0.717) is 6.61 Å². The van der Waals surface area contributed by atoms with E-state index in [1.54, 1.807) is 7.11 Å². The third-order valence-electron chi connectivity index (χ3n) is 3.64. The number of fused-ring (bicyclic) bond motifs is 1. The van der Waals surface area contributed by atoms with Crippen LogP contribution >= 0.6 is 0 Å². The lowest BCUT2D eigenvalue weighted by molar-refractivity contribution is 0.0492. The Balaban J connectivity index is 1.75. The van der Waals surface area contributed by atoms with E-state index in [1.165, 1.54) is 0 Å². The highest BCUT2D eigenvalue weighted by atomic mass is 16.5. The van der Waals surface area contributed by atoms with Crippen molar-refractivity contribution in [2.75, 3.05) is 7.11 Å². The van der Waals surface area contributed by atoms with Crippen molar-refractivity contribution < 1.29 is 14.6 Å². The van der Waals surface area contributed by atoms with Crippen LogP contribution in [0.4, 0.5) is 0 Å². The minimum Gasteiger partial charge on any atom is -0.487 e. The second-order valence-electron chi connectivity index (χ2n) is 5.08. The van der Waals surface area contributed by atoms with Crippen LogP contribution in [0.1, 0.15) is 22.8 Å². The van der Waals surface area contributed by atoms with Gasteiger partial charge in [0.1, 0.15) is 18.0 Å². The highest BCUT2D eigenvalue weighted by Gasteiger charge is 2.32. The summed E-state index contributed by atoms with van der Waals surface area (Å²) in [7, 11) is 1.67. The molecule has 1 aliphatic rings. The maximum Gasteiger partial charge on any atom is 0.133 e. The molecule has 2 unspecified atom stereocenters. The molecule has 0 aliphatic heterocycles. The maximum atomic E-state index is 10.3. The SMILES string of the molecule is COCc1cccc(OC2Cc3ccccc3C2O)c1. The highest BCUT2D eigenvalue weighted by molar-refractivity contribution is 5.36. The van der Waals surface area contributed by atoms with Gasteiger partial charge in [-0.1, -0.05) is 36.4 Å². The van der Waals surface area contributed by atoms with E-state index >= 15 is 0 Å². The molecule has 0 amide bonds. The lowest BCUT2D eigenvalue weighted by atomic mass is 10.1. The number of rotatable bonds is 4.